The Morgan fingerprint density at radius 3 is 0.345 bits per heavy atom. The van der Waals surface area contributed by atoms with E-state index in [-0.39, 0.29) is 56.0 Å². The van der Waals surface area contributed by atoms with E-state index in [9.17, 15) is 79.2 Å². The van der Waals surface area contributed by atoms with Crippen molar-refractivity contribution in [1.82, 2.24) is 0 Å². The first kappa shape index (κ1) is 82.0. The fourth-order valence-corrected chi connectivity index (χ4v) is 25.4. The summed E-state index contributed by atoms with van der Waals surface area (Å²) in [7, 11) is 0. The number of carbonyl (C=O) groups is 8. The van der Waals surface area contributed by atoms with Crippen LogP contribution in [0.3, 0.4) is 0 Å². The van der Waals surface area contributed by atoms with Gasteiger partial charge in [0.1, 0.15) is 0 Å². The van der Waals surface area contributed by atoms with Crippen molar-refractivity contribution in [2.45, 2.75) is 25.7 Å². The molecule has 8 aromatic rings. The van der Waals surface area contributed by atoms with Crippen LogP contribution in [0.1, 0.15) is 25.7 Å². The second-order valence-corrected chi connectivity index (χ2v) is 30.0. The standard InChI is InChI=1S/2C24H20As.4C3H4O4.2Mn.4O/c2*1-5-13-21(14-6-1)25(22-15-7-2-8-16-22,23-17-9-3-10-18-23)24-19-11-4-12-20-24;4*4-2(5)1-3(6)7;;;;;;/h2*1-20H;4*1H2,(H,4,5)(H,6,7);;;;;;/q2*+1;;;;;;;4*-2/p-8. The first-order valence-electron chi connectivity index (χ1n) is 23.2. The summed E-state index contributed by atoms with van der Waals surface area (Å²) in [6.45, 7) is 0. The fraction of sp³-hybridized carbons (Fsp3) is 0.0667. The average Bonchev–Trinajstić information content (AvgIpc) is 3.41. The summed E-state index contributed by atoms with van der Waals surface area (Å²) < 4.78 is 11.6. The molecule has 0 saturated heterocycles. The zero-order valence-electron chi connectivity index (χ0n) is 43.7. The Bertz CT molecular complexity index is 2500. The van der Waals surface area contributed by atoms with E-state index in [1.54, 1.807) is 0 Å². The van der Waals surface area contributed by atoms with Crippen LogP contribution in [0.5, 0.6) is 0 Å². The van der Waals surface area contributed by atoms with E-state index >= 15 is 0 Å². The van der Waals surface area contributed by atoms with Crippen molar-refractivity contribution in [1.29, 1.82) is 0 Å². The molecule has 8 aromatic carbocycles. The van der Waals surface area contributed by atoms with Crippen molar-refractivity contribution in [3.63, 3.8) is 0 Å². The molecule has 0 aliphatic rings. The zero-order valence-corrected chi connectivity index (χ0v) is 49.9. The Morgan fingerprint density at radius 1 is 0.202 bits per heavy atom. The molecule has 0 unspecified atom stereocenters. The van der Waals surface area contributed by atoms with Crippen molar-refractivity contribution in [3.8, 4) is 0 Å². The summed E-state index contributed by atoms with van der Waals surface area (Å²) >= 11 is -5.54. The molecule has 0 amide bonds. The molecular weight excluding hydrogens is 1300 g/mol. The number of benzene rings is 8. The van der Waals surface area contributed by atoms with Crippen LogP contribution in [0, 0.1) is 0 Å². The van der Waals surface area contributed by atoms with E-state index in [2.05, 4.69) is 243 Å². The predicted molar refractivity (Wildman–Crippen MR) is 281 cm³/mol. The summed E-state index contributed by atoms with van der Waals surface area (Å²) in [5, 5.41) is 74.2. The number of hydrogen-bond donors (Lipinski definition) is 0. The molecule has 2 radical (unpaired) electrons. The van der Waals surface area contributed by atoms with E-state index in [1.807, 2.05) is 0 Å². The molecule has 0 saturated carbocycles. The van der Waals surface area contributed by atoms with E-state index < -0.39 is 101 Å². The molecule has 0 bridgehead atoms. The van der Waals surface area contributed by atoms with Gasteiger partial charge < -0.3 is 101 Å². The van der Waals surface area contributed by atoms with Gasteiger partial charge in [-0.25, -0.2) is 0 Å². The number of rotatable bonds is 16. The molecule has 0 spiro atoms. The van der Waals surface area contributed by atoms with Crippen LogP contribution in [0.25, 0.3) is 0 Å². The SMILES string of the molecule is O=C([O-])CC(=O)[O-].O=C([O-])CC(=O)[O-].O=C([O-])CC(=O)[O-].O=C([O-])CC(=O)[O-].[Mn].[Mn].[O-2].[O-2].[O-2].[O-2].c1ccc([As+](c2ccccc2)(c2ccccc2)c2ccccc2)cc1.c1ccc([As+](c2ccccc2)(c2ccccc2)c2ccccc2)cc1. The van der Waals surface area contributed by atoms with Gasteiger partial charge in [-0.1, -0.05) is 0 Å². The first-order valence-corrected chi connectivity index (χ1v) is 30.7. The summed E-state index contributed by atoms with van der Waals surface area (Å²) in [6, 6.07) is 88.4. The topological polar surface area (TPSA) is 435 Å². The molecule has 0 aromatic heterocycles. The molecule has 0 aliphatic heterocycles. The van der Waals surface area contributed by atoms with Crippen molar-refractivity contribution in [2.75, 3.05) is 0 Å². The molecule has 0 aliphatic carbocycles. The molecule has 24 heteroatoms. The number of aliphatic carboxylic acids is 8. The molecule has 0 fully saturated rings. The minimum atomic E-state index is -2.77. The van der Waals surface area contributed by atoms with Gasteiger partial charge in [0, 0.05) is 108 Å². The molecule has 446 valence electrons. The van der Waals surface area contributed by atoms with Crippen molar-refractivity contribution >= 4 is 110 Å². The predicted octanol–water partition coefficient (Wildman–Crippen LogP) is -6.85. The maximum absolute atomic E-state index is 9.28. The Labute approximate surface area is 509 Å². The summed E-state index contributed by atoms with van der Waals surface area (Å²) in [5.74, 6) is -13.0. The second kappa shape index (κ2) is 44.1. The Balaban J connectivity index is -0.000000504. The first-order chi connectivity index (χ1) is 37.3. The van der Waals surface area contributed by atoms with Gasteiger partial charge in [-0.3, -0.25) is 0 Å². The third-order valence-corrected chi connectivity index (χ3v) is 28.3. The maximum atomic E-state index is 9.28. The minimum absolute atomic E-state index is 0. The van der Waals surface area contributed by atoms with Crippen LogP contribution < -0.4 is 75.7 Å². The van der Waals surface area contributed by atoms with Crippen LogP contribution >= 0.6 is 0 Å². The van der Waals surface area contributed by atoms with E-state index in [1.165, 1.54) is 34.8 Å². The van der Waals surface area contributed by atoms with Crippen molar-refractivity contribution in [3.05, 3.63) is 243 Å². The second-order valence-electron chi connectivity index (χ2n) is 15.7. The number of carboxylic acids is 8. The third kappa shape index (κ3) is 27.1. The molecule has 0 heterocycles. The molecule has 0 N–H and O–H groups in total. The van der Waals surface area contributed by atoms with Crippen LogP contribution in [-0.4, -0.2) is 74.9 Å². The van der Waals surface area contributed by atoms with Gasteiger partial charge in [-0.2, -0.15) is 0 Å². The van der Waals surface area contributed by atoms with Crippen LogP contribution in [0.15, 0.2) is 243 Å². The molecule has 84 heavy (non-hydrogen) atoms. The number of carboxylic acid groups (broad SMARTS) is 8. The van der Waals surface area contributed by atoms with Gasteiger partial charge in [-0.05, 0) is 0 Å². The summed E-state index contributed by atoms with van der Waals surface area (Å²) in [4.78, 5) is 74.2. The van der Waals surface area contributed by atoms with Crippen LogP contribution in [0.2, 0.25) is 0 Å². The van der Waals surface area contributed by atoms with Crippen LogP contribution in [-0.2, 0) is 94.4 Å². The zero-order chi connectivity index (χ0) is 57.4. The van der Waals surface area contributed by atoms with Gasteiger partial charge in [0.05, 0.1) is 0 Å². The van der Waals surface area contributed by atoms with Crippen molar-refractivity contribution < 1.29 is 135 Å². The van der Waals surface area contributed by atoms with Crippen LogP contribution in [0.4, 0.5) is 0 Å². The van der Waals surface area contributed by atoms with E-state index in [4.69, 9.17) is 0 Å². The van der Waals surface area contributed by atoms with Gasteiger partial charge in [-0.15, -0.1) is 0 Å². The van der Waals surface area contributed by atoms with E-state index in [0.29, 0.717) is 0 Å². The van der Waals surface area contributed by atoms with E-state index in [0.717, 1.165) is 0 Å². The molecular formula is C60H48As2Mn2O20-14. The van der Waals surface area contributed by atoms with Crippen molar-refractivity contribution in [2.24, 2.45) is 0 Å². The number of hydrogen-bond acceptors (Lipinski definition) is 16. The van der Waals surface area contributed by atoms with Gasteiger partial charge in [0.25, 0.3) is 0 Å². The quantitative estimate of drug-likeness (QED) is 0.0641. The Kier molecular flexibility index (Phi) is 43.1. The van der Waals surface area contributed by atoms with Gasteiger partial charge >= 0.3 is 305 Å². The van der Waals surface area contributed by atoms with Gasteiger partial charge in [0.15, 0.2) is 0 Å². The molecule has 20 nitrogen and oxygen atoms in total. The monoisotopic (exact) mass is 1350 g/mol. The number of carbonyl (C=O) groups excluding carboxylic acids is 8. The Hall–Kier alpha value is -8.48. The average molecular weight is 1350 g/mol. The summed E-state index contributed by atoms with van der Waals surface area (Å²) in [6.07, 6.45) is -4.11. The molecule has 8 rings (SSSR count). The van der Waals surface area contributed by atoms with Gasteiger partial charge in [0.2, 0.25) is 0 Å². The normalized spacial score (nSPS) is 9.33. The Morgan fingerprint density at radius 2 is 0.286 bits per heavy atom. The summed E-state index contributed by atoms with van der Waals surface area (Å²) in [5.41, 5.74) is 0. The molecule has 0 atom stereocenters. The third-order valence-electron chi connectivity index (χ3n) is 10.3. The fourth-order valence-electron chi connectivity index (χ4n) is 7.47.